The van der Waals surface area contributed by atoms with E-state index in [9.17, 15) is 14.4 Å². The quantitative estimate of drug-likeness (QED) is 0.819. The minimum absolute atomic E-state index is 0.0153. The number of aromatic nitrogens is 2. The molecule has 160 valence electrons. The average molecular weight is 411 g/mol. The van der Waals surface area contributed by atoms with Crippen molar-refractivity contribution in [3.05, 3.63) is 57.5 Å². The maximum atomic E-state index is 13.0. The van der Waals surface area contributed by atoms with E-state index in [0.717, 1.165) is 31.5 Å². The Morgan fingerprint density at radius 2 is 1.83 bits per heavy atom. The van der Waals surface area contributed by atoms with E-state index in [1.807, 2.05) is 24.8 Å². The molecule has 7 nitrogen and oxygen atoms in total. The van der Waals surface area contributed by atoms with Crippen LogP contribution in [0.3, 0.4) is 0 Å². The molecule has 1 aromatic heterocycles. The fourth-order valence-corrected chi connectivity index (χ4v) is 4.03. The number of carbonyl (C=O) groups is 2. The van der Waals surface area contributed by atoms with Crippen molar-refractivity contribution < 1.29 is 9.59 Å². The normalized spacial score (nSPS) is 18.9. The second-order valence-corrected chi connectivity index (χ2v) is 8.42. The molecule has 2 heterocycles. The molecule has 0 radical (unpaired) electrons. The Morgan fingerprint density at radius 3 is 2.50 bits per heavy atom. The summed E-state index contributed by atoms with van der Waals surface area (Å²) in [7, 11) is 0. The van der Waals surface area contributed by atoms with Gasteiger partial charge in [-0.25, -0.2) is 4.68 Å². The molecule has 0 aliphatic carbocycles. The van der Waals surface area contributed by atoms with Gasteiger partial charge in [0, 0.05) is 37.0 Å². The fraction of sp³-hybridized carbons (Fsp3) is 0.478. The molecule has 1 aliphatic heterocycles. The number of carbonyl (C=O) groups excluding carboxylic acids is 2. The first-order chi connectivity index (χ1) is 14.3. The van der Waals surface area contributed by atoms with Gasteiger partial charge in [-0.1, -0.05) is 26.8 Å². The molecule has 0 saturated carbocycles. The predicted octanol–water partition coefficient (Wildman–Crippen LogP) is 3.33. The summed E-state index contributed by atoms with van der Waals surface area (Å²) in [5.74, 6) is 0.533. The standard InChI is InChI=1S/C23H30N4O3/c1-5-10-27-21(28)9-8-19(25-27)22(29)24-20-12-18(7-6-17(20)4)23(30)26-13-15(2)11-16(3)14-26/h6-9,12,15-16H,5,10-11,13-14H2,1-4H3,(H,24,29). The summed E-state index contributed by atoms with van der Waals surface area (Å²) in [6, 6.07) is 8.14. The molecule has 1 N–H and O–H groups in total. The second-order valence-electron chi connectivity index (χ2n) is 8.42. The zero-order valence-electron chi connectivity index (χ0n) is 18.1. The third-order valence-corrected chi connectivity index (χ3v) is 5.42. The third-order valence-electron chi connectivity index (χ3n) is 5.42. The number of nitrogens with zero attached hydrogens (tertiary/aromatic N) is 3. The molecule has 3 rings (SSSR count). The maximum absolute atomic E-state index is 13.0. The van der Waals surface area contributed by atoms with Crippen molar-refractivity contribution >= 4 is 17.5 Å². The number of benzene rings is 1. The molecule has 1 saturated heterocycles. The monoisotopic (exact) mass is 410 g/mol. The Hall–Kier alpha value is -2.96. The summed E-state index contributed by atoms with van der Waals surface area (Å²) >= 11 is 0. The van der Waals surface area contributed by atoms with E-state index in [0.29, 0.717) is 29.6 Å². The van der Waals surface area contributed by atoms with Gasteiger partial charge in [-0.2, -0.15) is 5.10 Å². The van der Waals surface area contributed by atoms with Crippen LogP contribution in [-0.2, 0) is 6.54 Å². The SMILES string of the molecule is CCCn1nc(C(=O)Nc2cc(C(=O)N3CC(C)CC(C)C3)ccc2C)ccc1=O. The molecule has 0 spiro atoms. The van der Waals surface area contributed by atoms with Gasteiger partial charge in [0.25, 0.3) is 17.4 Å². The maximum Gasteiger partial charge on any atom is 0.276 e. The molecule has 2 atom stereocenters. The average Bonchev–Trinajstić information content (AvgIpc) is 2.70. The summed E-state index contributed by atoms with van der Waals surface area (Å²) in [5, 5.41) is 7.00. The van der Waals surface area contributed by atoms with Crippen LogP contribution >= 0.6 is 0 Å². The highest BCUT2D eigenvalue weighted by Crippen LogP contribution is 2.24. The van der Waals surface area contributed by atoms with E-state index >= 15 is 0 Å². The number of hydrogen-bond donors (Lipinski definition) is 1. The Morgan fingerprint density at radius 1 is 1.13 bits per heavy atom. The first-order valence-electron chi connectivity index (χ1n) is 10.6. The molecule has 1 aliphatic rings. The van der Waals surface area contributed by atoms with Gasteiger partial charge in [0.05, 0.1) is 0 Å². The number of nitrogens with one attached hydrogen (secondary N) is 1. The van der Waals surface area contributed by atoms with Gasteiger partial charge in [0.15, 0.2) is 0 Å². The van der Waals surface area contributed by atoms with Crippen molar-refractivity contribution in [1.29, 1.82) is 0 Å². The third kappa shape index (κ3) is 4.96. The first kappa shape index (κ1) is 21.7. The van der Waals surface area contributed by atoms with Crippen LogP contribution in [0.4, 0.5) is 5.69 Å². The minimum atomic E-state index is -0.409. The van der Waals surface area contributed by atoms with Crippen molar-refractivity contribution in [3.8, 4) is 0 Å². The lowest BCUT2D eigenvalue weighted by atomic mass is 9.91. The largest absolute Gasteiger partial charge is 0.338 e. The smallest absolute Gasteiger partial charge is 0.276 e. The Labute approximate surface area is 177 Å². The van der Waals surface area contributed by atoms with Crippen LogP contribution in [-0.4, -0.2) is 39.6 Å². The van der Waals surface area contributed by atoms with Crippen molar-refractivity contribution in [3.63, 3.8) is 0 Å². The summed E-state index contributed by atoms with van der Waals surface area (Å²) in [5.41, 5.74) is 1.90. The molecular weight excluding hydrogens is 380 g/mol. The van der Waals surface area contributed by atoms with Gasteiger partial charge in [0.1, 0.15) is 5.69 Å². The number of aryl methyl sites for hydroxylation is 2. The Bertz CT molecular complexity index is 988. The number of likely N-dealkylation sites (tertiary alicyclic amines) is 1. The van der Waals surface area contributed by atoms with Crippen LogP contribution in [0.1, 0.15) is 60.0 Å². The Kier molecular flexibility index (Phi) is 6.70. The van der Waals surface area contributed by atoms with E-state index in [-0.39, 0.29) is 17.2 Å². The van der Waals surface area contributed by atoms with Crippen LogP contribution in [0.25, 0.3) is 0 Å². The highest BCUT2D eigenvalue weighted by molar-refractivity contribution is 6.04. The van der Waals surface area contributed by atoms with Gasteiger partial charge < -0.3 is 10.2 Å². The molecule has 30 heavy (non-hydrogen) atoms. The van der Waals surface area contributed by atoms with Gasteiger partial charge in [0.2, 0.25) is 0 Å². The van der Waals surface area contributed by atoms with Gasteiger partial charge in [-0.15, -0.1) is 0 Å². The molecule has 7 heteroatoms. The number of hydrogen-bond acceptors (Lipinski definition) is 4. The van der Waals surface area contributed by atoms with Gasteiger partial charge in [-0.3, -0.25) is 14.4 Å². The Balaban J connectivity index is 1.80. The summed E-state index contributed by atoms with van der Waals surface area (Å²) < 4.78 is 1.29. The van der Waals surface area contributed by atoms with E-state index in [2.05, 4.69) is 24.3 Å². The first-order valence-corrected chi connectivity index (χ1v) is 10.6. The molecule has 0 bridgehead atoms. The predicted molar refractivity (Wildman–Crippen MR) is 117 cm³/mol. The highest BCUT2D eigenvalue weighted by atomic mass is 16.2. The summed E-state index contributed by atoms with van der Waals surface area (Å²) in [6.07, 6.45) is 1.88. The minimum Gasteiger partial charge on any atom is -0.338 e. The lowest BCUT2D eigenvalue weighted by molar-refractivity contribution is 0.0623. The van der Waals surface area contributed by atoms with Crippen molar-refractivity contribution in [1.82, 2.24) is 14.7 Å². The second kappa shape index (κ2) is 9.24. The van der Waals surface area contributed by atoms with Crippen LogP contribution in [0.15, 0.2) is 35.1 Å². The van der Waals surface area contributed by atoms with Crippen LogP contribution in [0.5, 0.6) is 0 Å². The number of anilines is 1. The number of amides is 2. The number of rotatable bonds is 5. The summed E-state index contributed by atoms with van der Waals surface area (Å²) in [6.45, 7) is 10.1. The van der Waals surface area contributed by atoms with Gasteiger partial charge >= 0.3 is 0 Å². The van der Waals surface area contributed by atoms with Crippen molar-refractivity contribution in [2.75, 3.05) is 18.4 Å². The molecule has 2 unspecified atom stereocenters. The van der Waals surface area contributed by atoms with Crippen molar-refractivity contribution in [2.45, 2.75) is 47.1 Å². The zero-order chi connectivity index (χ0) is 21.8. The molecule has 2 aromatic rings. The molecule has 1 aromatic carbocycles. The lowest BCUT2D eigenvalue weighted by Crippen LogP contribution is -2.42. The van der Waals surface area contributed by atoms with E-state index in [1.54, 1.807) is 12.1 Å². The fourth-order valence-electron chi connectivity index (χ4n) is 4.03. The van der Waals surface area contributed by atoms with Gasteiger partial charge in [-0.05, 0) is 55.4 Å². The zero-order valence-corrected chi connectivity index (χ0v) is 18.1. The molecule has 2 amide bonds. The van der Waals surface area contributed by atoms with Crippen molar-refractivity contribution in [2.24, 2.45) is 11.8 Å². The van der Waals surface area contributed by atoms with Crippen LogP contribution in [0, 0.1) is 18.8 Å². The summed E-state index contributed by atoms with van der Waals surface area (Å²) in [4.78, 5) is 39.5. The topological polar surface area (TPSA) is 84.3 Å². The molecular formula is C23H30N4O3. The highest BCUT2D eigenvalue weighted by Gasteiger charge is 2.26. The van der Waals surface area contributed by atoms with E-state index < -0.39 is 5.91 Å². The molecule has 1 fully saturated rings. The lowest BCUT2D eigenvalue weighted by Gasteiger charge is -2.35. The van der Waals surface area contributed by atoms with Crippen LogP contribution in [0.2, 0.25) is 0 Å². The van der Waals surface area contributed by atoms with Crippen LogP contribution < -0.4 is 10.9 Å². The van der Waals surface area contributed by atoms with E-state index in [1.165, 1.54) is 16.8 Å². The number of piperidine rings is 1. The van der Waals surface area contributed by atoms with E-state index in [4.69, 9.17) is 0 Å².